The Bertz CT molecular complexity index is 979. The molecule has 0 radical (unpaired) electrons. The zero-order chi connectivity index (χ0) is 18.8. The van der Waals surface area contributed by atoms with E-state index in [1.54, 1.807) is 22.6 Å². The third kappa shape index (κ3) is 3.67. The van der Waals surface area contributed by atoms with E-state index in [2.05, 4.69) is 15.2 Å². The first-order valence-corrected chi connectivity index (χ1v) is 8.96. The van der Waals surface area contributed by atoms with Gasteiger partial charge in [-0.3, -0.25) is 19.4 Å². The third-order valence-electron chi connectivity index (χ3n) is 4.82. The summed E-state index contributed by atoms with van der Waals surface area (Å²) in [7, 11) is 0. The number of rotatable bonds is 4. The van der Waals surface area contributed by atoms with E-state index in [4.69, 9.17) is 0 Å². The fourth-order valence-corrected chi connectivity index (χ4v) is 3.49. The molecule has 0 unspecified atom stereocenters. The number of benzene rings is 1. The quantitative estimate of drug-likeness (QED) is 0.565. The second-order valence-corrected chi connectivity index (χ2v) is 6.67. The molecule has 140 valence electrons. The minimum absolute atomic E-state index is 0.0145. The Kier molecular flexibility index (Phi) is 4.83. The first-order valence-electron chi connectivity index (χ1n) is 8.96. The standard InChI is InChI=1S/C19H20FN5O2/c20-15-5-6-18-22-19(14-3-1-4-16(11-14)25(26)27)17(24(18)12-15)13-23-9-2-7-21-8-10-23/h1,3-6,11-12,21H,2,7-10,13H2. The lowest BCUT2D eigenvalue weighted by molar-refractivity contribution is -0.384. The van der Waals surface area contributed by atoms with Crippen LogP contribution >= 0.6 is 0 Å². The van der Waals surface area contributed by atoms with Crippen molar-refractivity contribution in [1.29, 1.82) is 0 Å². The molecule has 0 amide bonds. The molecule has 0 saturated carbocycles. The Hall–Kier alpha value is -2.84. The molecular formula is C19H20FN5O2. The van der Waals surface area contributed by atoms with E-state index in [0.29, 0.717) is 23.4 Å². The molecule has 1 saturated heterocycles. The van der Waals surface area contributed by atoms with Gasteiger partial charge in [-0.15, -0.1) is 0 Å². The van der Waals surface area contributed by atoms with Gasteiger partial charge in [-0.1, -0.05) is 12.1 Å². The molecule has 4 rings (SSSR count). The van der Waals surface area contributed by atoms with Crippen LogP contribution in [0.2, 0.25) is 0 Å². The molecule has 1 aromatic carbocycles. The van der Waals surface area contributed by atoms with Crippen LogP contribution in [-0.4, -0.2) is 45.4 Å². The molecule has 0 spiro atoms. The smallest absolute Gasteiger partial charge is 0.270 e. The highest BCUT2D eigenvalue weighted by Gasteiger charge is 2.20. The summed E-state index contributed by atoms with van der Waals surface area (Å²) in [6, 6.07) is 9.43. The number of nitrogens with one attached hydrogen (secondary N) is 1. The summed E-state index contributed by atoms with van der Waals surface area (Å²) >= 11 is 0. The molecule has 8 heteroatoms. The number of nitro benzene ring substituents is 1. The monoisotopic (exact) mass is 369 g/mol. The molecule has 7 nitrogen and oxygen atoms in total. The van der Waals surface area contributed by atoms with Crippen molar-refractivity contribution in [3.8, 4) is 11.3 Å². The molecular weight excluding hydrogens is 349 g/mol. The predicted octanol–water partition coefficient (Wildman–Crippen LogP) is 2.84. The van der Waals surface area contributed by atoms with E-state index in [0.717, 1.165) is 38.3 Å². The number of non-ortho nitro benzene ring substituents is 1. The van der Waals surface area contributed by atoms with Gasteiger partial charge in [-0.2, -0.15) is 0 Å². The number of nitro groups is 1. The third-order valence-corrected chi connectivity index (χ3v) is 4.82. The second-order valence-electron chi connectivity index (χ2n) is 6.67. The van der Waals surface area contributed by atoms with Crippen molar-refractivity contribution in [2.45, 2.75) is 13.0 Å². The van der Waals surface area contributed by atoms with E-state index in [9.17, 15) is 14.5 Å². The first kappa shape index (κ1) is 17.6. The van der Waals surface area contributed by atoms with E-state index < -0.39 is 4.92 Å². The van der Waals surface area contributed by atoms with E-state index in [1.165, 1.54) is 24.4 Å². The summed E-state index contributed by atoms with van der Waals surface area (Å²) in [6.45, 7) is 4.30. The molecule has 3 heterocycles. The summed E-state index contributed by atoms with van der Waals surface area (Å²) < 4.78 is 15.6. The summed E-state index contributed by atoms with van der Waals surface area (Å²) in [5, 5.41) is 14.5. The van der Waals surface area contributed by atoms with E-state index in [-0.39, 0.29) is 11.5 Å². The lowest BCUT2D eigenvalue weighted by Crippen LogP contribution is -2.28. The lowest BCUT2D eigenvalue weighted by atomic mass is 10.1. The Morgan fingerprint density at radius 2 is 2.11 bits per heavy atom. The maximum atomic E-state index is 13.9. The normalized spacial score (nSPS) is 15.7. The van der Waals surface area contributed by atoms with Crippen LogP contribution in [0.1, 0.15) is 12.1 Å². The van der Waals surface area contributed by atoms with Crippen molar-refractivity contribution in [2.75, 3.05) is 26.2 Å². The van der Waals surface area contributed by atoms with Crippen LogP contribution in [0.15, 0.2) is 42.6 Å². The van der Waals surface area contributed by atoms with Crippen molar-refractivity contribution < 1.29 is 9.31 Å². The number of aromatic nitrogens is 2. The molecule has 3 aromatic rings. The van der Waals surface area contributed by atoms with Crippen LogP contribution in [0, 0.1) is 15.9 Å². The number of halogens is 1. The predicted molar refractivity (Wildman–Crippen MR) is 100 cm³/mol. The van der Waals surface area contributed by atoms with Gasteiger partial charge in [0.15, 0.2) is 0 Å². The van der Waals surface area contributed by atoms with Gasteiger partial charge in [0.2, 0.25) is 0 Å². The summed E-state index contributed by atoms with van der Waals surface area (Å²) in [5.74, 6) is -0.343. The van der Waals surface area contributed by atoms with Crippen LogP contribution < -0.4 is 5.32 Å². The number of fused-ring (bicyclic) bond motifs is 1. The number of imidazole rings is 1. The highest BCUT2D eigenvalue weighted by Crippen LogP contribution is 2.28. The number of nitrogens with zero attached hydrogens (tertiary/aromatic N) is 4. The summed E-state index contributed by atoms with van der Waals surface area (Å²) in [6.07, 6.45) is 2.46. The fourth-order valence-electron chi connectivity index (χ4n) is 3.49. The van der Waals surface area contributed by atoms with Gasteiger partial charge in [0.25, 0.3) is 5.69 Å². The van der Waals surface area contributed by atoms with Gasteiger partial charge in [0.05, 0.1) is 16.3 Å². The Labute approximate surface area is 155 Å². The Morgan fingerprint density at radius 1 is 1.22 bits per heavy atom. The molecule has 1 N–H and O–H groups in total. The van der Waals surface area contributed by atoms with E-state index in [1.807, 2.05) is 0 Å². The molecule has 1 aliphatic rings. The van der Waals surface area contributed by atoms with Gasteiger partial charge >= 0.3 is 0 Å². The van der Waals surface area contributed by atoms with Crippen molar-refractivity contribution in [2.24, 2.45) is 0 Å². The van der Waals surface area contributed by atoms with Crippen LogP contribution in [0.5, 0.6) is 0 Å². The minimum Gasteiger partial charge on any atom is -0.315 e. The van der Waals surface area contributed by atoms with Crippen molar-refractivity contribution >= 4 is 11.3 Å². The van der Waals surface area contributed by atoms with Crippen molar-refractivity contribution in [3.63, 3.8) is 0 Å². The van der Waals surface area contributed by atoms with Gasteiger partial charge in [-0.05, 0) is 31.6 Å². The van der Waals surface area contributed by atoms with Gasteiger partial charge in [-0.25, -0.2) is 9.37 Å². The molecule has 2 aromatic heterocycles. The zero-order valence-corrected chi connectivity index (χ0v) is 14.8. The minimum atomic E-state index is -0.418. The van der Waals surface area contributed by atoms with Crippen LogP contribution in [-0.2, 0) is 6.54 Å². The maximum Gasteiger partial charge on any atom is 0.270 e. The van der Waals surface area contributed by atoms with Gasteiger partial charge < -0.3 is 5.32 Å². The number of pyridine rings is 1. The topological polar surface area (TPSA) is 75.7 Å². The SMILES string of the molecule is O=[N+]([O-])c1cccc(-c2nc3ccc(F)cn3c2CN2CCCNCC2)c1. The van der Waals surface area contributed by atoms with Crippen LogP contribution in [0.4, 0.5) is 10.1 Å². The molecule has 0 bridgehead atoms. The maximum absolute atomic E-state index is 13.9. The average molecular weight is 369 g/mol. The molecule has 1 fully saturated rings. The molecule has 1 aliphatic heterocycles. The Balaban J connectivity index is 1.81. The number of hydrogen-bond donors (Lipinski definition) is 1. The summed E-state index contributed by atoms with van der Waals surface area (Å²) in [5.41, 5.74) is 2.80. The number of hydrogen-bond acceptors (Lipinski definition) is 5. The highest BCUT2D eigenvalue weighted by molar-refractivity contribution is 5.68. The highest BCUT2D eigenvalue weighted by atomic mass is 19.1. The molecule has 27 heavy (non-hydrogen) atoms. The van der Waals surface area contributed by atoms with Gasteiger partial charge in [0.1, 0.15) is 11.5 Å². The van der Waals surface area contributed by atoms with Crippen molar-refractivity contribution in [1.82, 2.24) is 19.6 Å². The van der Waals surface area contributed by atoms with Crippen LogP contribution in [0.3, 0.4) is 0 Å². The van der Waals surface area contributed by atoms with E-state index >= 15 is 0 Å². The van der Waals surface area contributed by atoms with Gasteiger partial charge in [0, 0.05) is 43.5 Å². The van der Waals surface area contributed by atoms with Crippen molar-refractivity contribution in [3.05, 3.63) is 64.2 Å². The second kappa shape index (κ2) is 7.42. The largest absolute Gasteiger partial charge is 0.315 e. The Morgan fingerprint density at radius 3 is 2.96 bits per heavy atom. The zero-order valence-electron chi connectivity index (χ0n) is 14.8. The van der Waals surface area contributed by atoms with Crippen LogP contribution in [0.25, 0.3) is 16.9 Å². The fraction of sp³-hybridized carbons (Fsp3) is 0.316. The summed E-state index contributed by atoms with van der Waals surface area (Å²) in [4.78, 5) is 17.7. The lowest BCUT2D eigenvalue weighted by Gasteiger charge is -2.20. The molecule has 0 aliphatic carbocycles. The average Bonchev–Trinajstić information content (AvgIpc) is 2.83. The first-order chi connectivity index (χ1) is 13.1. The molecule has 0 atom stereocenters.